The van der Waals surface area contributed by atoms with Crippen LogP contribution in [0.1, 0.15) is 15.9 Å². The van der Waals surface area contributed by atoms with Gasteiger partial charge < -0.3 is 10.8 Å². The van der Waals surface area contributed by atoms with Gasteiger partial charge in [0.1, 0.15) is 0 Å². The molecule has 3 nitrogen and oxygen atoms in total. The van der Waals surface area contributed by atoms with Gasteiger partial charge in [-0.3, -0.25) is 0 Å². The van der Waals surface area contributed by atoms with Crippen LogP contribution in [0.15, 0.2) is 18.2 Å². The Morgan fingerprint density at radius 3 is 2.36 bits per heavy atom. The highest BCUT2D eigenvalue weighted by atomic mass is 19.4. The van der Waals surface area contributed by atoms with Crippen molar-refractivity contribution in [2.75, 3.05) is 5.73 Å². The normalized spacial score (nSPS) is 11.4. The molecule has 0 fully saturated rings. The van der Waals surface area contributed by atoms with Gasteiger partial charge in [-0.2, -0.15) is 13.2 Å². The van der Waals surface area contributed by atoms with E-state index in [1.165, 1.54) is 0 Å². The van der Waals surface area contributed by atoms with E-state index in [-0.39, 0.29) is 5.69 Å². The Balaban J connectivity index is 3.38. The summed E-state index contributed by atoms with van der Waals surface area (Å²) < 4.78 is 36.8. The third kappa shape index (κ3) is 1.95. The number of hydrogen-bond acceptors (Lipinski definition) is 2. The van der Waals surface area contributed by atoms with Crippen molar-refractivity contribution in [3.8, 4) is 0 Å². The number of benzene rings is 1. The number of nitrogen functional groups attached to an aromatic ring is 1. The number of nitrogens with two attached hydrogens (primary N) is 1. The van der Waals surface area contributed by atoms with E-state index in [1.54, 1.807) is 0 Å². The topological polar surface area (TPSA) is 63.3 Å². The van der Waals surface area contributed by atoms with Crippen molar-refractivity contribution in [1.82, 2.24) is 0 Å². The molecule has 0 aliphatic heterocycles. The highest BCUT2D eigenvalue weighted by Gasteiger charge is 2.35. The lowest BCUT2D eigenvalue weighted by atomic mass is 10.1. The van der Waals surface area contributed by atoms with E-state index in [0.29, 0.717) is 6.07 Å². The molecular formula is C8H6F3NO2. The number of carboxylic acids is 1. The second kappa shape index (κ2) is 3.21. The van der Waals surface area contributed by atoms with E-state index in [4.69, 9.17) is 10.8 Å². The third-order valence-electron chi connectivity index (χ3n) is 1.58. The van der Waals surface area contributed by atoms with E-state index in [9.17, 15) is 18.0 Å². The van der Waals surface area contributed by atoms with Crippen molar-refractivity contribution in [1.29, 1.82) is 0 Å². The van der Waals surface area contributed by atoms with Crippen LogP contribution < -0.4 is 5.73 Å². The molecule has 0 heterocycles. The fraction of sp³-hybridized carbons (Fsp3) is 0.125. The number of anilines is 1. The third-order valence-corrected chi connectivity index (χ3v) is 1.58. The largest absolute Gasteiger partial charge is 0.478 e. The first-order valence-electron chi connectivity index (χ1n) is 3.52. The summed E-state index contributed by atoms with van der Waals surface area (Å²) >= 11 is 0. The zero-order valence-electron chi connectivity index (χ0n) is 6.80. The number of carboxylic acid groups (broad SMARTS) is 1. The zero-order chi connectivity index (χ0) is 10.9. The molecule has 1 aromatic rings. The Hall–Kier alpha value is -1.72. The zero-order valence-corrected chi connectivity index (χ0v) is 6.80. The van der Waals surface area contributed by atoms with Gasteiger partial charge >= 0.3 is 12.1 Å². The average molecular weight is 205 g/mol. The first kappa shape index (κ1) is 10.4. The molecule has 0 saturated heterocycles. The highest BCUT2D eigenvalue weighted by molar-refractivity contribution is 5.90. The number of carbonyl (C=O) groups is 1. The maximum atomic E-state index is 12.3. The van der Waals surface area contributed by atoms with Gasteiger partial charge in [0.15, 0.2) is 0 Å². The summed E-state index contributed by atoms with van der Waals surface area (Å²) in [7, 11) is 0. The summed E-state index contributed by atoms with van der Waals surface area (Å²) in [5.74, 6) is -1.63. The van der Waals surface area contributed by atoms with Crippen molar-refractivity contribution >= 4 is 11.7 Å². The molecule has 0 bridgehead atoms. The van der Waals surface area contributed by atoms with Gasteiger partial charge in [0.05, 0.1) is 11.1 Å². The number of halogens is 3. The van der Waals surface area contributed by atoms with Crippen LogP contribution in [-0.4, -0.2) is 11.1 Å². The Kier molecular flexibility index (Phi) is 2.37. The minimum absolute atomic E-state index is 0.123. The Bertz CT molecular complexity index is 373. The summed E-state index contributed by atoms with van der Waals surface area (Å²) in [6, 6.07) is 2.54. The van der Waals surface area contributed by atoms with Crippen LogP contribution in [0.3, 0.4) is 0 Å². The van der Waals surface area contributed by atoms with Gasteiger partial charge in [-0.25, -0.2) is 4.79 Å². The second-order valence-electron chi connectivity index (χ2n) is 2.61. The first-order chi connectivity index (χ1) is 6.32. The molecule has 0 saturated carbocycles. The maximum absolute atomic E-state index is 12.3. The van der Waals surface area contributed by atoms with Gasteiger partial charge in [0.25, 0.3) is 0 Å². The van der Waals surface area contributed by atoms with Crippen LogP contribution in [-0.2, 0) is 6.18 Å². The quantitative estimate of drug-likeness (QED) is 0.689. The molecule has 6 heteroatoms. The van der Waals surface area contributed by atoms with Crippen molar-refractivity contribution in [3.63, 3.8) is 0 Å². The van der Waals surface area contributed by atoms with Crippen LogP contribution in [0.4, 0.5) is 18.9 Å². The summed E-state index contributed by atoms with van der Waals surface area (Å²) in [6.07, 6.45) is -4.71. The van der Waals surface area contributed by atoms with Gasteiger partial charge in [0, 0.05) is 5.69 Å². The number of hydrogen-bond donors (Lipinski definition) is 2. The Morgan fingerprint density at radius 1 is 1.36 bits per heavy atom. The molecule has 0 amide bonds. The standard InChI is InChI=1S/C8H6F3NO2/c9-8(10,11)6-3-4(12)1-2-5(6)7(13)14/h1-3H,12H2,(H,13,14). The summed E-state index contributed by atoms with van der Waals surface area (Å²) in [4.78, 5) is 10.4. The molecule has 0 spiro atoms. The van der Waals surface area contributed by atoms with E-state index in [0.717, 1.165) is 12.1 Å². The number of alkyl halides is 3. The summed E-state index contributed by atoms with van der Waals surface area (Å²) in [5.41, 5.74) is 2.98. The lowest BCUT2D eigenvalue weighted by Crippen LogP contribution is -2.13. The van der Waals surface area contributed by atoms with E-state index < -0.39 is 23.3 Å². The molecule has 0 atom stereocenters. The van der Waals surface area contributed by atoms with Gasteiger partial charge in [-0.1, -0.05) is 0 Å². The average Bonchev–Trinajstić information content (AvgIpc) is 2.01. The molecule has 1 rings (SSSR count). The first-order valence-corrected chi connectivity index (χ1v) is 3.52. The van der Waals surface area contributed by atoms with Crippen LogP contribution in [0.2, 0.25) is 0 Å². The molecule has 0 aliphatic carbocycles. The van der Waals surface area contributed by atoms with Crippen molar-refractivity contribution < 1.29 is 23.1 Å². The van der Waals surface area contributed by atoms with Gasteiger partial charge in [-0.15, -0.1) is 0 Å². The molecular weight excluding hydrogens is 199 g/mol. The summed E-state index contributed by atoms with van der Waals surface area (Å²) in [6.45, 7) is 0. The molecule has 3 N–H and O–H groups in total. The predicted octanol–water partition coefficient (Wildman–Crippen LogP) is 1.99. The molecule has 0 aliphatic rings. The van der Waals surface area contributed by atoms with Crippen LogP contribution in [0, 0.1) is 0 Å². The molecule has 0 unspecified atom stereocenters. The van der Waals surface area contributed by atoms with E-state index in [1.807, 2.05) is 0 Å². The van der Waals surface area contributed by atoms with Crippen molar-refractivity contribution in [2.45, 2.75) is 6.18 Å². The van der Waals surface area contributed by atoms with Crippen molar-refractivity contribution in [2.24, 2.45) is 0 Å². The monoisotopic (exact) mass is 205 g/mol. The Labute approximate surface area is 77.0 Å². The molecule has 0 aromatic heterocycles. The smallest absolute Gasteiger partial charge is 0.417 e. The predicted molar refractivity (Wildman–Crippen MR) is 42.8 cm³/mol. The fourth-order valence-electron chi connectivity index (χ4n) is 0.983. The minimum Gasteiger partial charge on any atom is -0.478 e. The van der Waals surface area contributed by atoms with E-state index in [2.05, 4.69) is 0 Å². The van der Waals surface area contributed by atoms with Gasteiger partial charge in [-0.05, 0) is 18.2 Å². The fourth-order valence-corrected chi connectivity index (χ4v) is 0.983. The molecule has 1 aromatic carbocycles. The summed E-state index contributed by atoms with van der Waals surface area (Å²) in [5, 5.41) is 8.48. The maximum Gasteiger partial charge on any atom is 0.417 e. The van der Waals surface area contributed by atoms with Gasteiger partial charge in [0.2, 0.25) is 0 Å². The lowest BCUT2D eigenvalue weighted by Gasteiger charge is -2.10. The number of aromatic carboxylic acids is 1. The molecule has 76 valence electrons. The molecule has 14 heavy (non-hydrogen) atoms. The van der Waals surface area contributed by atoms with Crippen LogP contribution in [0.25, 0.3) is 0 Å². The SMILES string of the molecule is Nc1ccc(C(=O)O)c(C(F)(F)F)c1. The second-order valence-corrected chi connectivity index (χ2v) is 2.61. The highest BCUT2D eigenvalue weighted by Crippen LogP contribution is 2.33. The molecule has 0 radical (unpaired) electrons. The van der Waals surface area contributed by atoms with Crippen LogP contribution in [0.5, 0.6) is 0 Å². The number of rotatable bonds is 1. The van der Waals surface area contributed by atoms with Crippen LogP contribution >= 0.6 is 0 Å². The Morgan fingerprint density at radius 2 is 1.93 bits per heavy atom. The van der Waals surface area contributed by atoms with E-state index >= 15 is 0 Å². The lowest BCUT2D eigenvalue weighted by molar-refractivity contribution is -0.138. The van der Waals surface area contributed by atoms with Crippen molar-refractivity contribution in [3.05, 3.63) is 29.3 Å². The minimum atomic E-state index is -4.71.